The molecule has 0 spiro atoms. The summed E-state index contributed by atoms with van der Waals surface area (Å²) in [6.45, 7) is 0. The molecule has 0 heterocycles. The summed E-state index contributed by atoms with van der Waals surface area (Å²) in [6.07, 6.45) is 5.20. The second kappa shape index (κ2) is 8.95. The van der Waals surface area contributed by atoms with Crippen molar-refractivity contribution < 1.29 is 9.53 Å². The van der Waals surface area contributed by atoms with Crippen LogP contribution in [0.2, 0.25) is 0 Å². The monoisotopic (exact) mass is 385 g/mol. The van der Waals surface area contributed by atoms with Crippen LogP contribution in [-0.2, 0) is 24.1 Å². The summed E-state index contributed by atoms with van der Waals surface area (Å²) < 4.78 is 5.27. The van der Waals surface area contributed by atoms with Crippen molar-refractivity contribution in [1.82, 2.24) is 5.32 Å². The lowest BCUT2D eigenvalue weighted by Gasteiger charge is -2.21. The maximum Gasteiger partial charge on any atom is 0.225 e. The second-order valence-corrected chi connectivity index (χ2v) is 7.67. The van der Waals surface area contributed by atoms with Crippen LogP contribution in [0, 0.1) is 0 Å². The van der Waals surface area contributed by atoms with E-state index in [1.807, 2.05) is 54.6 Å². The van der Waals surface area contributed by atoms with Gasteiger partial charge in [0.25, 0.3) is 0 Å². The van der Waals surface area contributed by atoms with E-state index in [0.29, 0.717) is 6.42 Å². The molecule has 1 atom stereocenters. The molecule has 3 nitrogen and oxygen atoms in total. The van der Waals surface area contributed by atoms with Gasteiger partial charge in [-0.2, -0.15) is 0 Å². The first-order chi connectivity index (χ1) is 14.2. The van der Waals surface area contributed by atoms with Crippen molar-refractivity contribution in [1.29, 1.82) is 0 Å². The molecule has 0 unspecified atom stereocenters. The average Bonchev–Trinajstić information content (AvgIpc) is 2.78. The molecule has 3 aromatic rings. The topological polar surface area (TPSA) is 38.3 Å². The van der Waals surface area contributed by atoms with Crippen molar-refractivity contribution in [3.05, 3.63) is 101 Å². The van der Waals surface area contributed by atoms with Crippen LogP contribution < -0.4 is 10.1 Å². The SMILES string of the molecule is COc1ccc([C@@H](NC(=O)Cc2ccc3c(c2)CCCC3)c2ccccc2)cc1. The van der Waals surface area contributed by atoms with E-state index in [2.05, 4.69) is 23.5 Å². The molecule has 0 aliphatic heterocycles. The molecule has 4 rings (SSSR count). The Morgan fingerprint density at radius 2 is 1.59 bits per heavy atom. The average molecular weight is 386 g/mol. The Balaban J connectivity index is 1.53. The van der Waals surface area contributed by atoms with Crippen LogP contribution in [0.5, 0.6) is 5.75 Å². The highest BCUT2D eigenvalue weighted by Crippen LogP contribution is 2.25. The van der Waals surface area contributed by atoms with Crippen molar-refractivity contribution in [2.24, 2.45) is 0 Å². The van der Waals surface area contributed by atoms with Crippen molar-refractivity contribution in [2.75, 3.05) is 7.11 Å². The molecular formula is C26H27NO2. The van der Waals surface area contributed by atoms with Gasteiger partial charge in [-0.15, -0.1) is 0 Å². The molecule has 0 saturated carbocycles. The molecular weight excluding hydrogens is 358 g/mol. The minimum atomic E-state index is -0.188. The van der Waals surface area contributed by atoms with Gasteiger partial charge in [-0.1, -0.05) is 60.7 Å². The van der Waals surface area contributed by atoms with Crippen LogP contribution in [-0.4, -0.2) is 13.0 Å². The molecule has 1 N–H and O–H groups in total. The van der Waals surface area contributed by atoms with Crippen LogP contribution in [0.25, 0.3) is 0 Å². The van der Waals surface area contributed by atoms with Crippen molar-refractivity contribution in [2.45, 2.75) is 38.1 Å². The first-order valence-electron chi connectivity index (χ1n) is 10.3. The number of benzene rings is 3. The van der Waals surface area contributed by atoms with Gasteiger partial charge in [0.2, 0.25) is 5.91 Å². The van der Waals surface area contributed by atoms with E-state index in [1.165, 1.54) is 24.0 Å². The molecule has 0 radical (unpaired) electrons. The predicted octanol–water partition coefficient (Wildman–Crippen LogP) is 5.02. The zero-order valence-electron chi connectivity index (χ0n) is 16.9. The summed E-state index contributed by atoms with van der Waals surface area (Å²) >= 11 is 0. The normalized spacial score (nSPS) is 14.0. The highest BCUT2D eigenvalue weighted by atomic mass is 16.5. The number of amides is 1. The molecule has 1 aliphatic carbocycles. The Morgan fingerprint density at radius 3 is 2.31 bits per heavy atom. The lowest BCUT2D eigenvalue weighted by atomic mass is 9.90. The molecule has 3 heteroatoms. The van der Waals surface area contributed by atoms with Crippen LogP contribution in [0.1, 0.15) is 46.7 Å². The molecule has 3 aromatic carbocycles. The minimum absolute atomic E-state index is 0.0328. The highest BCUT2D eigenvalue weighted by Gasteiger charge is 2.18. The van der Waals surface area contributed by atoms with Crippen molar-refractivity contribution in [3.8, 4) is 5.75 Å². The third-order valence-corrected chi connectivity index (χ3v) is 5.66. The number of carbonyl (C=O) groups is 1. The van der Waals surface area contributed by atoms with Crippen LogP contribution >= 0.6 is 0 Å². The standard InChI is InChI=1S/C26H27NO2/c1-29-24-15-13-22(14-16-24)26(21-8-3-2-4-9-21)27-25(28)18-19-11-12-20-7-5-6-10-23(20)17-19/h2-4,8-9,11-17,26H,5-7,10,18H2,1H3,(H,27,28)/t26-/m0/s1. The Labute approximate surface area is 172 Å². The van der Waals surface area contributed by atoms with Gasteiger partial charge in [0.05, 0.1) is 19.6 Å². The van der Waals surface area contributed by atoms with Gasteiger partial charge in [0.15, 0.2) is 0 Å². The smallest absolute Gasteiger partial charge is 0.225 e. The maximum atomic E-state index is 12.9. The summed E-state index contributed by atoms with van der Waals surface area (Å²) in [5.74, 6) is 0.839. The van der Waals surface area contributed by atoms with Crippen LogP contribution in [0.3, 0.4) is 0 Å². The summed E-state index contributed by atoms with van der Waals surface area (Å²) in [4.78, 5) is 12.9. The van der Waals surface area contributed by atoms with E-state index >= 15 is 0 Å². The number of hydrogen-bond donors (Lipinski definition) is 1. The lowest BCUT2D eigenvalue weighted by Crippen LogP contribution is -2.30. The van der Waals surface area contributed by atoms with Crippen LogP contribution in [0.4, 0.5) is 0 Å². The van der Waals surface area contributed by atoms with Gasteiger partial charge in [0.1, 0.15) is 5.75 Å². The molecule has 1 aliphatic rings. The van der Waals surface area contributed by atoms with E-state index in [4.69, 9.17) is 4.74 Å². The fraction of sp³-hybridized carbons (Fsp3) is 0.269. The minimum Gasteiger partial charge on any atom is -0.497 e. The van der Waals surface area contributed by atoms with E-state index in [1.54, 1.807) is 7.11 Å². The molecule has 1 amide bonds. The van der Waals surface area contributed by atoms with E-state index in [9.17, 15) is 4.79 Å². The van der Waals surface area contributed by atoms with Gasteiger partial charge in [0, 0.05) is 0 Å². The largest absolute Gasteiger partial charge is 0.497 e. The maximum absolute atomic E-state index is 12.9. The van der Waals surface area contributed by atoms with Crippen molar-refractivity contribution in [3.63, 3.8) is 0 Å². The van der Waals surface area contributed by atoms with Gasteiger partial charge >= 0.3 is 0 Å². The fourth-order valence-electron chi connectivity index (χ4n) is 4.10. The molecule has 0 aromatic heterocycles. The number of ether oxygens (including phenoxy) is 1. The van der Waals surface area contributed by atoms with Crippen molar-refractivity contribution >= 4 is 5.91 Å². The fourth-order valence-corrected chi connectivity index (χ4v) is 4.10. The van der Waals surface area contributed by atoms with E-state index in [0.717, 1.165) is 35.3 Å². The number of aryl methyl sites for hydroxylation is 2. The Morgan fingerprint density at radius 1 is 0.897 bits per heavy atom. The van der Waals surface area contributed by atoms with E-state index in [-0.39, 0.29) is 11.9 Å². The molecule has 0 bridgehead atoms. The number of hydrogen-bond acceptors (Lipinski definition) is 2. The van der Waals surface area contributed by atoms with Gasteiger partial charge in [-0.25, -0.2) is 0 Å². The number of rotatable bonds is 6. The first kappa shape index (κ1) is 19.3. The zero-order valence-corrected chi connectivity index (χ0v) is 16.9. The third kappa shape index (κ3) is 4.68. The number of fused-ring (bicyclic) bond motifs is 1. The summed E-state index contributed by atoms with van der Waals surface area (Å²) in [7, 11) is 1.66. The van der Waals surface area contributed by atoms with Crippen LogP contribution in [0.15, 0.2) is 72.8 Å². The van der Waals surface area contributed by atoms with Gasteiger partial charge in [-0.05, 0) is 65.6 Å². The number of carbonyl (C=O) groups excluding carboxylic acids is 1. The van der Waals surface area contributed by atoms with Gasteiger partial charge in [-0.3, -0.25) is 4.79 Å². The van der Waals surface area contributed by atoms with E-state index < -0.39 is 0 Å². The number of methoxy groups -OCH3 is 1. The summed E-state index contributed by atoms with van der Waals surface area (Å²) in [5, 5.41) is 3.24. The lowest BCUT2D eigenvalue weighted by molar-refractivity contribution is -0.120. The quantitative estimate of drug-likeness (QED) is 0.647. The van der Waals surface area contributed by atoms with Gasteiger partial charge < -0.3 is 10.1 Å². The predicted molar refractivity (Wildman–Crippen MR) is 116 cm³/mol. The summed E-state index contributed by atoms with van der Waals surface area (Å²) in [5.41, 5.74) is 6.05. The third-order valence-electron chi connectivity index (χ3n) is 5.66. The Bertz CT molecular complexity index is 964. The first-order valence-corrected chi connectivity index (χ1v) is 10.3. The molecule has 0 saturated heterocycles. The second-order valence-electron chi connectivity index (χ2n) is 7.67. The highest BCUT2D eigenvalue weighted by molar-refractivity contribution is 5.79. The number of nitrogens with one attached hydrogen (secondary N) is 1. The Hall–Kier alpha value is -3.07. The molecule has 29 heavy (non-hydrogen) atoms. The molecule has 148 valence electrons. The zero-order chi connectivity index (χ0) is 20.1. The summed E-state index contributed by atoms with van der Waals surface area (Å²) in [6, 6.07) is 24.3. The Kier molecular flexibility index (Phi) is 5.95. The molecule has 0 fully saturated rings.